The van der Waals surface area contributed by atoms with Gasteiger partial charge in [-0.2, -0.15) is 0 Å². The molecule has 0 saturated carbocycles. The van der Waals surface area contributed by atoms with Crippen molar-refractivity contribution in [1.82, 2.24) is 14.2 Å². The Hall–Kier alpha value is -2.33. The smallest absolute Gasteiger partial charge is 0.248 e. The summed E-state index contributed by atoms with van der Waals surface area (Å²) in [7, 11) is -2.85. The number of carbonyl (C=O) groups is 1. The van der Waals surface area contributed by atoms with E-state index in [1.807, 2.05) is 66.4 Å². The second-order valence-electron chi connectivity index (χ2n) is 10.7. The summed E-state index contributed by atoms with van der Waals surface area (Å²) in [6, 6.07) is 19.8. The van der Waals surface area contributed by atoms with Crippen LogP contribution in [0.5, 0.6) is 0 Å². The van der Waals surface area contributed by atoms with Crippen molar-refractivity contribution in [3.63, 3.8) is 0 Å². The maximum absolute atomic E-state index is 14.5. The van der Waals surface area contributed by atoms with Crippen LogP contribution in [0.25, 0.3) is 0 Å². The summed E-state index contributed by atoms with van der Waals surface area (Å²) in [5, 5.41) is 1.23. The van der Waals surface area contributed by atoms with Crippen molar-refractivity contribution < 1.29 is 13.9 Å². The third-order valence-electron chi connectivity index (χ3n) is 8.12. The summed E-state index contributed by atoms with van der Waals surface area (Å²) < 4.78 is 23.2. The van der Waals surface area contributed by atoms with Crippen LogP contribution >= 0.6 is 34.0 Å². The number of aromatic amines is 1. The lowest BCUT2D eigenvalue weighted by Crippen LogP contribution is -2.54. The van der Waals surface area contributed by atoms with Gasteiger partial charge >= 0.3 is 0 Å². The number of piperidine rings is 1. The predicted molar refractivity (Wildman–Crippen MR) is 162 cm³/mol. The standard InChI is InChI=1S/C30H35Cl2N3O4S/c1-2-26(19-34-14-5-15-40(34,38)39)35-29(20-10-12-23(31)13-11-20)27(21-6-3-7-24(32)16-21)18-22(30(35)37)17-25-8-4-9-28(36)33-25/h3-4,6-13,16,22,26-27,29,38-39H,2,5,14-15,17-19H2,1H3,(H,33,36)/t22-,26-,27+,29+/m0/s1. The highest BCUT2D eigenvalue weighted by Gasteiger charge is 2.46. The molecule has 7 nitrogen and oxygen atoms in total. The maximum Gasteiger partial charge on any atom is 0.248 e. The number of hydrogen-bond acceptors (Lipinski definition) is 5. The Bertz CT molecular complexity index is 1400. The Kier molecular flexibility index (Phi) is 8.95. The molecule has 1 aromatic heterocycles. The second kappa shape index (κ2) is 12.3. The van der Waals surface area contributed by atoms with E-state index in [0.29, 0.717) is 60.3 Å². The molecule has 0 radical (unpaired) electrons. The zero-order valence-corrected chi connectivity index (χ0v) is 24.7. The minimum atomic E-state index is -2.85. The highest BCUT2D eigenvalue weighted by molar-refractivity contribution is 8.22. The molecular formula is C30H35Cl2N3O4S. The first-order chi connectivity index (χ1) is 19.2. The van der Waals surface area contributed by atoms with Gasteiger partial charge < -0.3 is 9.88 Å². The molecule has 3 N–H and O–H groups in total. The van der Waals surface area contributed by atoms with Crippen molar-refractivity contribution in [2.24, 2.45) is 5.92 Å². The van der Waals surface area contributed by atoms with E-state index in [0.717, 1.165) is 11.1 Å². The number of aromatic nitrogens is 1. The van der Waals surface area contributed by atoms with Crippen LogP contribution < -0.4 is 5.56 Å². The van der Waals surface area contributed by atoms with Crippen molar-refractivity contribution in [2.75, 3.05) is 18.8 Å². The fourth-order valence-electron chi connectivity index (χ4n) is 6.21. The van der Waals surface area contributed by atoms with Crippen molar-refractivity contribution in [3.05, 3.63) is 104 Å². The number of carbonyl (C=O) groups excluding carboxylic acids is 1. The Morgan fingerprint density at radius 1 is 1.00 bits per heavy atom. The molecule has 2 aromatic carbocycles. The van der Waals surface area contributed by atoms with Crippen LogP contribution in [0.1, 0.15) is 55.0 Å². The maximum atomic E-state index is 14.5. The Labute approximate surface area is 246 Å². The van der Waals surface area contributed by atoms with Gasteiger partial charge in [-0.15, -0.1) is 10.8 Å². The number of rotatable bonds is 8. The molecule has 3 aromatic rings. The lowest BCUT2D eigenvalue weighted by atomic mass is 9.74. The molecule has 5 rings (SSSR count). The van der Waals surface area contributed by atoms with E-state index < -0.39 is 16.7 Å². The summed E-state index contributed by atoms with van der Waals surface area (Å²) in [5.41, 5.74) is 2.49. The topological polar surface area (TPSA) is 96.9 Å². The summed E-state index contributed by atoms with van der Waals surface area (Å²) in [6.07, 6.45) is 2.31. The zero-order chi connectivity index (χ0) is 28.4. The zero-order valence-electron chi connectivity index (χ0n) is 22.4. The van der Waals surface area contributed by atoms with Gasteiger partial charge in [0.15, 0.2) is 0 Å². The average Bonchev–Trinajstić information content (AvgIpc) is 3.26. The van der Waals surface area contributed by atoms with E-state index in [2.05, 4.69) is 4.98 Å². The van der Waals surface area contributed by atoms with E-state index in [9.17, 15) is 18.7 Å². The minimum Gasteiger partial charge on any atom is -0.330 e. The van der Waals surface area contributed by atoms with Gasteiger partial charge in [0.25, 0.3) is 0 Å². The predicted octanol–water partition coefficient (Wildman–Crippen LogP) is 6.75. The highest BCUT2D eigenvalue weighted by Crippen LogP contribution is 2.51. The van der Waals surface area contributed by atoms with Gasteiger partial charge in [0, 0.05) is 52.8 Å². The van der Waals surface area contributed by atoms with Crippen LogP contribution in [0.15, 0.2) is 71.5 Å². The molecule has 0 unspecified atom stereocenters. The van der Waals surface area contributed by atoms with E-state index in [4.69, 9.17) is 23.2 Å². The second-order valence-corrected chi connectivity index (χ2v) is 13.8. The first-order valence-corrected chi connectivity index (χ1v) is 16.1. The third kappa shape index (κ3) is 6.27. The molecular weight excluding hydrogens is 569 g/mol. The number of nitrogens with one attached hydrogen (secondary N) is 1. The van der Waals surface area contributed by atoms with Crippen molar-refractivity contribution in [1.29, 1.82) is 0 Å². The van der Waals surface area contributed by atoms with Crippen LogP contribution in [0, 0.1) is 5.92 Å². The van der Waals surface area contributed by atoms with Crippen molar-refractivity contribution >= 4 is 39.9 Å². The minimum absolute atomic E-state index is 0.00884. The van der Waals surface area contributed by atoms with Crippen molar-refractivity contribution in [3.8, 4) is 0 Å². The molecule has 2 aliphatic rings. The van der Waals surface area contributed by atoms with Gasteiger partial charge in [0.2, 0.25) is 11.5 Å². The third-order valence-corrected chi connectivity index (χ3v) is 10.6. The highest BCUT2D eigenvalue weighted by atomic mass is 35.5. The number of H-pyrrole nitrogens is 1. The van der Waals surface area contributed by atoms with Crippen LogP contribution in [-0.4, -0.2) is 54.1 Å². The molecule has 2 aliphatic heterocycles. The number of pyridine rings is 1. The molecule has 4 atom stereocenters. The molecule has 2 saturated heterocycles. The summed E-state index contributed by atoms with van der Waals surface area (Å²) in [5.74, 6) is -0.136. The SMILES string of the molecule is CC[C@@H](CN1CCCS1(O)O)N1C(=O)[C@@H](Cc2cccc(=O)[nH]2)C[C@H](c2cccc(Cl)c2)[C@H]1c1ccc(Cl)cc1. The molecule has 0 bridgehead atoms. The van der Waals surface area contributed by atoms with Gasteiger partial charge in [0.1, 0.15) is 0 Å². The Balaban J connectivity index is 1.61. The molecule has 0 spiro atoms. The van der Waals surface area contributed by atoms with Gasteiger partial charge in [-0.1, -0.05) is 60.5 Å². The lowest BCUT2D eigenvalue weighted by Gasteiger charge is -2.50. The fraction of sp³-hybridized carbons (Fsp3) is 0.400. The van der Waals surface area contributed by atoms with E-state index >= 15 is 0 Å². The number of nitrogens with zero attached hydrogens (tertiary/aromatic N) is 2. The van der Waals surface area contributed by atoms with Crippen LogP contribution in [0.4, 0.5) is 0 Å². The molecule has 10 heteroatoms. The Morgan fingerprint density at radius 2 is 1.75 bits per heavy atom. The van der Waals surface area contributed by atoms with Crippen LogP contribution in [-0.2, 0) is 11.2 Å². The van der Waals surface area contributed by atoms with E-state index in [1.54, 1.807) is 10.4 Å². The summed E-state index contributed by atoms with van der Waals surface area (Å²) >= 11 is 12.7. The van der Waals surface area contributed by atoms with Gasteiger partial charge in [-0.25, -0.2) is 4.31 Å². The van der Waals surface area contributed by atoms with Crippen LogP contribution in [0.3, 0.4) is 0 Å². The molecule has 40 heavy (non-hydrogen) atoms. The molecule has 214 valence electrons. The largest absolute Gasteiger partial charge is 0.330 e. The first kappa shape index (κ1) is 29.2. The lowest BCUT2D eigenvalue weighted by molar-refractivity contribution is -0.147. The van der Waals surface area contributed by atoms with Gasteiger partial charge in [0.05, 0.1) is 11.8 Å². The van der Waals surface area contributed by atoms with Crippen molar-refractivity contribution in [2.45, 2.75) is 50.6 Å². The normalized spacial score (nSPS) is 24.7. The summed E-state index contributed by atoms with van der Waals surface area (Å²) in [4.78, 5) is 31.4. The summed E-state index contributed by atoms with van der Waals surface area (Å²) in [6.45, 7) is 2.98. The van der Waals surface area contributed by atoms with Gasteiger partial charge in [-0.3, -0.25) is 18.7 Å². The monoisotopic (exact) mass is 603 g/mol. The molecule has 1 amide bonds. The van der Waals surface area contributed by atoms with E-state index in [1.165, 1.54) is 6.07 Å². The quantitative estimate of drug-likeness (QED) is 0.265. The molecule has 0 aliphatic carbocycles. The van der Waals surface area contributed by atoms with Crippen LogP contribution in [0.2, 0.25) is 10.0 Å². The first-order valence-electron chi connectivity index (χ1n) is 13.7. The number of likely N-dealkylation sites (tertiary alicyclic amines) is 1. The average molecular weight is 605 g/mol. The van der Waals surface area contributed by atoms with Gasteiger partial charge in [-0.05, 0) is 67.1 Å². The number of hydrogen-bond donors (Lipinski definition) is 3. The molecule has 2 fully saturated rings. The Morgan fingerprint density at radius 3 is 2.40 bits per heavy atom. The van der Waals surface area contributed by atoms with E-state index in [-0.39, 0.29) is 29.5 Å². The number of halogens is 2. The number of benzene rings is 2. The molecule has 3 heterocycles. The number of amides is 1. The fourth-order valence-corrected chi connectivity index (χ4v) is 8.14.